The number of fused-ring (bicyclic) bond motifs is 1. The van der Waals surface area contributed by atoms with Gasteiger partial charge >= 0.3 is 6.03 Å². The molecule has 30 heavy (non-hydrogen) atoms. The Morgan fingerprint density at radius 1 is 0.867 bits per heavy atom. The van der Waals surface area contributed by atoms with Crippen molar-refractivity contribution in [1.82, 2.24) is 0 Å². The van der Waals surface area contributed by atoms with E-state index < -0.39 is 27.7 Å². The monoisotopic (exact) mass is 428 g/mol. The Hall–Kier alpha value is -3.26. The van der Waals surface area contributed by atoms with Gasteiger partial charge in [-0.15, -0.1) is 0 Å². The van der Waals surface area contributed by atoms with Gasteiger partial charge in [-0.1, -0.05) is 31.2 Å². The van der Waals surface area contributed by atoms with Crippen molar-refractivity contribution in [2.24, 2.45) is 0 Å². The number of amides is 2. The summed E-state index contributed by atoms with van der Waals surface area (Å²) in [6, 6.07) is 14.9. The van der Waals surface area contributed by atoms with Gasteiger partial charge in [-0.05, 0) is 53.9 Å². The van der Waals surface area contributed by atoms with Gasteiger partial charge in [-0.2, -0.15) is 4.31 Å². The summed E-state index contributed by atoms with van der Waals surface area (Å²) in [4.78, 5) is 14.5. The van der Waals surface area contributed by atoms with Crippen LogP contribution in [0.15, 0.2) is 71.6 Å². The number of anilines is 2. The fourth-order valence-corrected chi connectivity index (χ4v) is 5.09. The predicted octanol–water partition coefficient (Wildman–Crippen LogP) is 4.86. The fraction of sp³-hybridized carbons (Fsp3) is 0.136. The number of rotatable bonds is 4. The summed E-state index contributed by atoms with van der Waals surface area (Å²) in [6.45, 7) is 1.73. The highest BCUT2D eigenvalue weighted by Gasteiger charge is 2.42. The van der Waals surface area contributed by atoms with Crippen LogP contribution in [-0.2, 0) is 23.0 Å². The van der Waals surface area contributed by atoms with Crippen LogP contribution in [-0.4, -0.2) is 14.4 Å². The molecule has 0 aromatic heterocycles. The number of sulfonamides is 1. The van der Waals surface area contributed by atoms with Crippen LogP contribution in [0.2, 0.25) is 0 Å². The van der Waals surface area contributed by atoms with Crippen LogP contribution in [0.4, 0.5) is 25.0 Å². The summed E-state index contributed by atoms with van der Waals surface area (Å²) in [7, 11) is -4.16. The molecule has 0 saturated heterocycles. The molecule has 0 spiro atoms. The zero-order chi connectivity index (χ0) is 21.5. The fourth-order valence-electron chi connectivity index (χ4n) is 3.50. The predicted molar refractivity (Wildman–Crippen MR) is 110 cm³/mol. The molecule has 0 N–H and O–H groups in total. The average Bonchev–Trinajstić information content (AvgIpc) is 2.70. The van der Waals surface area contributed by atoms with Gasteiger partial charge in [0.15, 0.2) is 0 Å². The largest absolute Gasteiger partial charge is 0.343 e. The van der Waals surface area contributed by atoms with Crippen molar-refractivity contribution < 1.29 is 22.0 Å². The Morgan fingerprint density at radius 3 is 2.27 bits per heavy atom. The summed E-state index contributed by atoms with van der Waals surface area (Å²) in [5.74, 6) is -1.55. The third-order valence-electron chi connectivity index (χ3n) is 4.90. The van der Waals surface area contributed by atoms with Crippen molar-refractivity contribution in [3.63, 3.8) is 0 Å². The van der Waals surface area contributed by atoms with Gasteiger partial charge in [-0.25, -0.2) is 22.0 Å². The summed E-state index contributed by atoms with van der Waals surface area (Å²) >= 11 is 0. The standard InChI is InChI=1S/C22H18F2N2O3S/c1-2-15-6-5-7-19(12-15)26-22(27)25(14-16-10-17(23)13-18(24)11-16)20-8-3-4-9-21(20)30(26,28)29/h3-13H,2,14H2,1H3. The zero-order valence-corrected chi connectivity index (χ0v) is 16.9. The lowest BCUT2D eigenvalue weighted by Crippen LogP contribution is -2.50. The van der Waals surface area contributed by atoms with E-state index in [2.05, 4.69) is 0 Å². The number of halogens is 2. The molecule has 0 fully saturated rings. The number of nitrogens with zero attached hydrogens (tertiary/aromatic N) is 2. The van der Waals surface area contributed by atoms with E-state index in [1.54, 1.807) is 30.3 Å². The molecule has 1 aliphatic heterocycles. The first kappa shape index (κ1) is 20.0. The van der Waals surface area contributed by atoms with E-state index in [1.165, 1.54) is 17.0 Å². The van der Waals surface area contributed by atoms with E-state index in [1.807, 2.05) is 13.0 Å². The first-order valence-corrected chi connectivity index (χ1v) is 10.7. The maximum atomic E-state index is 13.7. The Bertz CT molecular complexity index is 1220. The normalized spacial score (nSPS) is 15.2. The quantitative estimate of drug-likeness (QED) is 0.596. The number of urea groups is 1. The second-order valence-corrected chi connectivity index (χ2v) is 8.66. The van der Waals surface area contributed by atoms with Gasteiger partial charge in [0.1, 0.15) is 16.5 Å². The molecule has 4 rings (SSSR count). The van der Waals surface area contributed by atoms with Gasteiger partial charge in [-0.3, -0.25) is 4.90 Å². The van der Waals surface area contributed by atoms with E-state index in [0.29, 0.717) is 6.42 Å². The second kappa shape index (κ2) is 7.53. The molecule has 5 nitrogen and oxygen atoms in total. The van der Waals surface area contributed by atoms with Crippen LogP contribution in [0.5, 0.6) is 0 Å². The lowest BCUT2D eigenvalue weighted by molar-refractivity contribution is 0.253. The first-order valence-electron chi connectivity index (χ1n) is 9.31. The van der Waals surface area contributed by atoms with Crippen LogP contribution in [0.3, 0.4) is 0 Å². The molecule has 0 aliphatic carbocycles. The minimum Gasteiger partial charge on any atom is -0.287 e. The molecule has 1 aliphatic rings. The van der Waals surface area contributed by atoms with Gasteiger partial charge in [0.2, 0.25) is 0 Å². The number of hydrogen-bond acceptors (Lipinski definition) is 3. The molecule has 3 aromatic carbocycles. The molecule has 154 valence electrons. The molecule has 3 aromatic rings. The van der Waals surface area contributed by atoms with Gasteiger partial charge in [0, 0.05) is 6.07 Å². The Morgan fingerprint density at radius 2 is 1.57 bits per heavy atom. The highest BCUT2D eigenvalue weighted by molar-refractivity contribution is 7.94. The minimum atomic E-state index is -4.16. The van der Waals surface area contributed by atoms with Crippen molar-refractivity contribution in [3.05, 3.63) is 89.5 Å². The van der Waals surface area contributed by atoms with Crippen molar-refractivity contribution >= 4 is 27.4 Å². The highest BCUT2D eigenvalue weighted by atomic mass is 32.2. The molecule has 0 bridgehead atoms. The lowest BCUT2D eigenvalue weighted by atomic mass is 10.1. The molecular weight excluding hydrogens is 410 g/mol. The van der Waals surface area contributed by atoms with Crippen LogP contribution < -0.4 is 9.21 Å². The smallest absolute Gasteiger partial charge is 0.287 e. The van der Waals surface area contributed by atoms with Crippen molar-refractivity contribution in [1.29, 1.82) is 0 Å². The van der Waals surface area contributed by atoms with Gasteiger partial charge in [0.25, 0.3) is 10.0 Å². The SMILES string of the molecule is CCc1cccc(N2C(=O)N(Cc3cc(F)cc(F)c3)c3ccccc3S2(=O)=O)c1. The number of carbonyl (C=O) groups is 1. The maximum Gasteiger partial charge on any atom is 0.343 e. The molecular formula is C22H18F2N2O3S. The third-order valence-corrected chi connectivity index (χ3v) is 6.64. The minimum absolute atomic E-state index is 0.0524. The zero-order valence-electron chi connectivity index (χ0n) is 16.0. The van der Waals surface area contributed by atoms with Crippen LogP contribution in [0.25, 0.3) is 0 Å². The molecule has 2 amide bonds. The van der Waals surface area contributed by atoms with E-state index in [9.17, 15) is 22.0 Å². The van der Waals surface area contributed by atoms with Gasteiger partial charge in [0.05, 0.1) is 17.9 Å². The topological polar surface area (TPSA) is 57.7 Å². The molecule has 0 atom stereocenters. The number of carbonyl (C=O) groups excluding carboxylic acids is 1. The maximum absolute atomic E-state index is 13.7. The molecule has 1 heterocycles. The molecule has 8 heteroatoms. The summed E-state index contributed by atoms with van der Waals surface area (Å²) < 4.78 is 54.6. The third kappa shape index (κ3) is 3.43. The lowest BCUT2D eigenvalue weighted by Gasteiger charge is -2.36. The Labute approximate surface area is 173 Å². The number of para-hydroxylation sites is 1. The van der Waals surface area contributed by atoms with E-state index in [4.69, 9.17) is 0 Å². The average molecular weight is 428 g/mol. The van der Waals surface area contributed by atoms with E-state index in [-0.39, 0.29) is 28.4 Å². The van der Waals surface area contributed by atoms with Crippen LogP contribution in [0.1, 0.15) is 18.1 Å². The number of benzene rings is 3. The number of hydrogen-bond donors (Lipinski definition) is 0. The second-order valence-electron chi connectivity index (χ2n) is 6.91. The van der Waals surface area contributed by atoms with Crippen molar-refractivity contribution in [3.8, 4) is 0 Å². The van der Waals surface area contributed by atoms with Crippen LogP contribution >= 0.6 is 0 Å². The first-order chi connectivity index (χ1) is 14.3. The molecule has 0 saturated carbocycles. The van der Waals surface area contributed by atoms with Crippen LogP contribution in [0, 0.1) is 11.6 Å². The molecule has 0 radical (unpaired) electrons. The summed E-state index contributed by atoms with van der Waals surface area (Å²) in [5.41, 5.74) is 1.45. The summed E-state index contributed by atoms with van der Waals surface area (Å²) in [5, 5.41) is 0. The van der Waals surface area contributed by atoms with E-state index >= 15 is 0 Å². The van der Waals surface area contributed by atoms with Crippen molar-refractivity contribution in [2.75, 3.05) is 9.21 Å². The highest BCUT2D eigenvalue weighted by Crippen LogP contribution is 2.38. The number of aryl methyl sites for hydroxylation is 1. The summed E-state index contributed by atoms with van der Waals surface area (Å²) in [6.07, 6.45) is 0.665. The molecule has 0 unspecified atom stereocenters. The van der Waals surface area contributed by atoms with Gasteiger partial charge < -0.3 is 0 Å². The Balaban J connectivity index is 1.87. The Kier molecular flexibility index (Phi) is 5.03. The van der Waals surface area contributed by atoms with E-state index in [0.717, 1.165) is 28.1 Å². The van der Waals surface area contributed by atoms with Crippen molar-refractivity contribution in [2.45, 2.75) is 24.8 Å².